The lowest BCUT2D eigenvalue weighted by Crippen LogP contribution is -2.07. The third-order valence-electron chi connectivity index (χ3n) is 3.67. The summed E-state index contributed by atoms with van der Waals surface area (Å²) in [6, 6.07) is 18.6. The Bertz CT molecular complexity index is 917. The van der Waals surface area contributed by atoms with Crippen LogP contribution in [0.1, 0.15) is 11.1 Å². The van der Waals surface area contributed by atoms with E-state index in [1.54, 1.807) is 18.2 Å². The van der Waals surface area contributed by atoms with Gasteiger partial charge < -0.3 is 5.32 Å². The fourth-order valence-corrected chi connectivity index (χ4v) is 2.88. The molecule has 0 fully saturated rings. The van der Waals surface area contributed by atoms with Crippen molar-refractivity contribution in [3.05, 3.63) is 75.8 Å². The second-order valence-corrected chi connectivity index (χ2v) is 6.25. The Kier molecular flexibility index (Phi) is 5.49. The van der Waals surface area contributed by atoms with Crippen LogP contribution in [0.15, 0.2) is 54.6 Å². The van der Waals surface area contributed by atoms with Gasteiger partial charge in [-0.2, -0.15) is 5.26 Å². The molecule has 0 saturated heterocycles. The third kappa shape index (κ3) is 4.48. The molecule has 0 aliphatic carbocycles. The average molecular weight is 369 g/mol. The van der Waals surface area contributed by atoms with E-state index in [4.69, 9.17) is 28.5 Å². The standard InChI is InChI=1S/C19H14Cl2N4/c20-16-5-4-14(17(21)11-16)8-9-23-19-7-6-18(24-25-19)15-3-1-2-13(10-15)12-22/h1-7,10-11H,8-9H2,(H,23,25). The summed E-state index contributed by atoms with van der Waals surface area (Å²) in [5.74, 6) is 0.685. The van der Waals surface area contributed by atoms with E-state index in [0.29, 0.717) is 28.0 Å². The largest absolute Gasteiger partial charge is 0.368 e. The van der Waals surface area contributed by atoms with Crippen LogP contribution in [0.5, 0.6) is 0 Å². The summed E-state index contributed by atoms with van der Waals surface area (Å²) in [5, 5.41) is 21.9. The van der Waals surface area contributed by atoms with Crippen LogP contribution in [0.3, 0.4) is 0 Å². The Balaban J connectivity index is 1.62. The SMILES string of the molecule is N#Cc1cccc(-c2ccc(NCCc3ccc(Cl)cc3Cl)nn2)c1. The predicted molar refractivity (Wildman–Crippen MR) is 101 cm³/mol. The van der Waals surface area contributed by atoms with E-state index in [1.807, 2.05) is 36.4 Å². The fraction of sp³-hybridized carbons (Fsp3) is 0.105. The fourth-order valence-electron chi connectivity index (χ4n) is 2.38. The van der Waals surface area contributed by atoms with E-state index in [0.717, 1.165) is 23.2 Å². The number of benzene rings is 2. The number of anilines is 1. The Morgan fingerprint density at radius 1 is 1.00 bits per heavy atom. The van der Waals surface area contributed by atoms with Crippen LogP contribution in [0, 0.1) is 11.3 Å². The molecule has 0 aliphatic heterocycles. The van der Waals surface area contributed by atoms with Gasteiger partial charge in [-0.05, 0) is 48.4 Å². The summed E-state index contributed by atoms with van der Waals surface area (Å²) in [6.07, 6.45) is 0.754. The highest BCUT2D eigenvalue weighted by Crippen LogP contribution is 2.22. The molecule has 0 unspecified atom stereocenters. The van der Waals surface area contributed by atoms with Gasteiger partial charge >= 0.3 is 0 Å². The number of halogens is 2. The number of hydrogen-bond donors (Lipinski definition) is 1. The topological polar surface area (TPSA) is 61.6 Å². The number of hydrogen-bond acceptors (Lipinski definition) is 4. The molecule has 6 heteroatoms. The van der Waals surface area contributed by atoms with E-state index in [9.17, 15) is 0 Å². The molecular formula is C19H14Cl2N4. The van der Waals surface area contributed by atoms with Crippen molar-refractivity contribution in [2.45, 2.75) is 6.42 Å². The summed E-state index contributed by atoms with van der Waals surface area (Å²) < 4.78 is 0. The van der Waals surface area contributed by atoms with Gasteiger partial charge in [-0.25, -0.2) is 0 Å². The van der Waals surface area contributed by atoms with Crippen LogP contribution in [0.2, 0.25) is 10.0 Å². The summed E-state index contributed by atoms with van der Waals surface area (Å²) in [7, 11) is 0. The zero-order chi connectivity index (χ0) is 17.6. The van der Waals surface area contributed by atoms with Gasteiger partial charge in [0, 0.05) is 22.2 Å². The first-order valence-corrected chi connectivity index (χ1v) is 8.43. The first-order valence-electron chi connectivity index (χ1n) is 7.68. The predicted octanol–water partition coefficient (Wildman–Crippen LogP) is 4.98. The van der Waals surface area contributed by atoms with Crippen molar-refractivity contribution in [1.82, 2.24) is 10.2 Å². The molecule has 0 aliphatic rings. The minimum absolute atomic E-state index is 0.598. The van der Waals surface area contributed by atoms with E-state index < -0.39 is 0 Å². The molecule has 0 bridgehead atoms. The molecule has 1 aromatic heterocycles. The molecule has 4 nitrogen and oxygen atoms in total. The second kappa shape index (κ2) is 7.98. The molecular weight excluding hydrogens is 355 g/mol. The Labute approximate surface area is 156 Å². The monoisotopic (exact) mass is 368 g/mol. The van der Waals surface area contributed by atoms with Gasteiger partial charge in [0.2, 0.25) is 0 Å². The molecule has 0 spiro atoms. The van der Waals surface area contributed by atoms with Crippen molar-refractivity contribution >= 4 is 29.0 Å². The number of nitrogens with one attached hydrogen (secondary N) is 1. The maximum Gasteiger partial charge on any atom is 0.148 e. The first-order chi connectivity index (χ1) is 12.2. The molecule has 0 radical (unpaired) electrons. The van der Waals surface area contributed by atoms with Crippen molar-refractivity contribution in [2.24, 2.45) is 0 Å². The Hall–Kier alpha value is -2.61. The van der Waals surface area contributed by atoms with Gasteiger partial charge in [0.05, 0.1) is 17.3 Å². The first kappa shape index (κ1) is 17.2. The molecule has 3 rings (SSSR count). The second-order valence-electron chi connectivity index (χ2n) is 5.41. The van der Waals surface area contributed by atoms with E-state index in [-0.39, 0.29) is 0 Å². The molecule has 0 saturated carbocycles. The van der Waals surface area contributed by atoms with Crippen molar-refractivity contribution in [3.8, 4) is 17.3 Å². The van der Waals surface area contributed by atoms with E-state index in [2.05, 4.69) is 21.6 Å². The summed E-state index contributed by atoms with van der Waals surface area (Å²) >= 11 is 12.1. The lowest BCUT2D eigenvalue weighted by molar-refractivity contribution is 0.970. The highest BCUT2D eigenvalue weighted by molar-refractivity contribution is 6.35. The average Bonchev–Trinajstić information content (AvgIpc) is 2.64. The summed E-state index contributed by atoms with van der Waals surface area (Å²) in [6.45, 7) is 0.680. The number of rotatable bonds is 5. The molecule has 3 aromatic rings. The molecule has 25 heavy (non-hydrogen) atoms. The quantitative estimate of drug-likeness (QED) is 0.689. The number of nitriles is 1. The Morgan fingerprint density at radius 2 is 1.88 bits per heavy atom. The van der Waals surface area contributed by atoms with Crippen LogP contribution in [0.25, 0.3) is 11.3 Å². The van der Waals surface area contributed by atoms with E-state index in [1.165, 1.54) is 0 Å². The van der Waals surface area contributed by atoms with E-state index >= 15 is 0 Å². The highest BCUT2D eigenvalue weighted by atomic mass is 35.5. The van der Waals surface area contributed by atoms with Crippen LogP contribution in [0.4, 0.5) is 5.82 Å². The third-order valence-corrected chi connectivity index (χ3v) is 4.25. The van der Waals surface area contributed by atoms with Gasteiger partial charge in [-0.3, -0.25) is 0 Å². The van der Waals surface area contributed by atoms with Crippen LogP contribution < -0.4 is 5.32 Å². The summed E-state index contributed by atoms with van der Waals surface area (Å²) in [5.41, 5.74) is 3.22. The zero-order valence-corrected chi connectivity index (χ0v) is 14.7. The molecule has 0 amide bonds. The molecule has 2 aromatic carbocycles. The van der Waals surface area contributed by atoms with Crippen LogP contribution in [-0.4, -0.2) is 16.7 Å². The molecule has 124 valence electrons. The smallest absolute Gasteiger partial charge is 0.148 e. The van der Waals surface area contributed by atoms with Gasteiger partial charge in [0.1, 0.15) is 5.82 Å². The van der Waals surface area contributed by atoms with Crippen LogP contribution in [-0.2, 0) is 6.42 Å². The normalized spacial score (nSPS) is 10.3. The number of nitrogens with zero attached hydrogens (tertiary/aromatic N) is 3. The van der Waals surface area contributed by atoms with Crippen molar-refractivity contribution in [1.29, 1.82) is 5.26 Å². The lowest BCUT2D eigenvalue weighted by Gasteiger charge is -2.07. The minimum Gasteiger partial charge on any atom is -0.368 e. The lowest BCUT2D eigenvalue weighted by atomic mass is 10.1. The minimum atomic E-state index is 0.598. The molecule has 1 N–H and O–H groups in total. The van der Waals surface area contributed by atoms with Gasteiger partial charge in [0.15, 0.2) is 0 Å². The van der Waals surface area contributed by atoms with Gasteiger partial charge in [-0.1, -0.05) is 41.4 Å². The van der Waals surface area contributed by atoms with Gasteiger partial charge in [0.25, 0.3) is 0 Å². The highest BCUT2D eigenvalue weighted by Gasteiger charge is 2.04. The molecule has 0 atom stereocenters. The number of aromatic nitrogens is 2. The Morgan fingerprint density at radius 3 is 2.60 bits per heavy atom. The maximum absolute atomic E-state index is 8.97. The summed E-state index contributed by atoms with van der Waals surface area (Å²) in [4.78, 5) is 0. The zero-order valence-electron chi connectivity index (χ0n) is 13.2. The van der Waals surface area contributed by atoms with Crippen LogP contribution >= 0.6 is 23.2 Å². The van der Waals surface area contributed by atoms with Crippen molar-refractivity contribution in [2.75, 3.05) is 11.9 Å². The van der Waals surface area contributed by atoms with Crippen molar-refractivity contribution < 1.29 is 0 Å². The van der Waals surface area contributed by atoms with Gasteiger partial charge in [-0.15, -0.1) is 10.2 Å². The maximum atomic E-state index is 8.97. The molecule has 1 heterocycles. The van der Waals surface area contributed by atoms with Crippen molar-refractivity contribution in [3.63, 3.8) is 0 Å².